The molecule has 10 heteroatoms. The van der Waals surface area contributed by atoms with Gasteiger partial charge in [0, 0.05) is 12.8 Å². The number of quaternary nitrogens is 1. The first-order chi connectivity index (χ1) is 43.5. The fourth-order valence-electron chi connectivity index (χ4n) is 11.5. The van der Waals surface area contributed by atoms with Crippen LogP contribution in [0.3, 0.4) is 0 Å². The maximum atomic E-state index is 12.9. The molecular weight excluding hydrogens is 1120 g/mol. The first kappa shape index (κ1) is 86.7. The van der Waals surface area contributed by atoms with E-state index in [0.717, 1.165) is 64.2 Å². The van der Waals surface area contributed by atoms with E-state index >= 15 is 0 Å². The summed E-state index contributed by atoms with van der Waals surface area (Å²) in [5, 5.41) is 0. The molecule has 0 bridgehead atoms. The minimum absolute atomic E-state index is 0.0340. The number of phosphoric acid groups is 1. The van der Waals surface area contributed by atoms with Gasteiger partial charge in [-0.25, -0.2) is 4.57 Å². The second-order valence-corrected chi connectivity index (χ2v) is 28.8. The summed E-state index contributed by atoms with van der Waals surface area (Å²) in [4.78, 5) is 36.0. The molecule has 2 atom stereocenters. The summed E-state index contributed by atoms with van der Waals surface area (Å²) < 4.78 is 34.8. The second-order valence-electron chi connectivity index (χ2n) is 27.4. The van der Waals surface area contributed by atoms with Gasteiger partial charge in [-0.05, 0) is 57.8 Å². The number of carbonyl (C=O) groups is 2. The molecule has 89 heavy (non-hydrogen) atoms. The van der Waals surface area contributed by atoms with Gasteiger partial charge in [-0.2, -0.15) is 0 Å². The number of rotatable bonds is 72. The zero-order chi connectivity index (χ0) is 64.8. The van der Waals surface area contributed by atoms with Gasteiger partial charge in [-0.3, -0.25) is 18.6 Å². The lowest BCUT2D eigenvalue weighted by atomic mass is 10.0. The summed E-state index contributed by atoms with van der Waals surface area (Å²) in [6, 6.07) is 0. The van der Waals surface area contributed by atoms with Crippen LogP contribution in [-0.2, 0) is 32.7 Å². The topological polar surface area (TPSA) is 108 Å². The standard InChI is InChI=1S/C79H148NO8P/c1-6-8-10-12-14-16-18-20-22-24-26-28-30-32-34-36-38-39-40-41-42-44-46-48-50-52-54-56-58-60-62-64-66-68-70-72-79(82)88-77(76-87-89(83,84)86-74-73-80(3,4)5)75-85-78(81)71-69-67-65-63-61-59-57-55-53-51-49-47-45-43-37-35-33-31-29-27-25-23-21-19-17-15-13-11-9-7-2/h8,10,14,16,20,22,26,28,32,34,77H,6-7,9,11-13,15,17-19,21,23-25,27,29-31,33,35-76H2,1-5H3/p+1/b10-8-,16-14-,22-20-,28-26-,34-32-. The summed E-state index contributed by atoms with van der Waals surface area (Å²) in [5.74, 6) is -0.775. The summed E-state index contributed by atoms with van der Waals surface area (Å²) in [5.41, 5.74) is 0. The third-order valence-electron chi connectivity index (χ3n) is 17.3. The molecule has 2 unspecified atom stereocenters. The van der Waals surface area contributed by atoms with E-state index in [1.54, 1.807) is 0 Å². The first-order valence-electron chi connectivity index (χ1n) is 38.5. The van der Waals surface area contributed by atoms with Crippen LogP contribution in [-0.4, -0.2) is 74.9 Å². The number of ether oxygens (including phenoxy) is 2. The minimum Gasteiger partial charge on any atom is -0.462 e. The smallest absolute Gasteiger partial charge is 0.462 e. The van der Waals surface area contributed by atoms with E-state index in [1.807, 2.05) is 21.1 Å². The Labute approximate surface area is 553 Å². The van der Waals surface area contributed by atoms with Gasteiger partial charge in [0.1, 0.15) is 19.8 Å². The van der Waals surface area contributed by atoms with Gasteiger partial charge < -0.3 is 18.9 Å². The van der Waals surface area contributed by atoms with Crippen molar-refractivity contribution in [3.8, 4) is 0 Å². The number of likely N-dealkylation sites (N-methyl/N-ethyl adjacent to an activating group) is 1. The largest absolute Gasteiger partial charge is 0.472 e. The lowest BCUT2D eigenvalue weighted by molar-refractivity contribution is -0.870. The van der Waals surface area contributed by atoms with Crippen molar-refractivity contribution in [3.63, 3.8) is 0 Å². The van der Waals surface area contributed by atoms with Crippen LogP contribution in [0, 0.1) is 0 Å². The summed E-state index contributed by atoms with van der Waals surface area (Å²) in [6.45, 7) is 4.39. The molecule has 0 heterocycles. The predicted molar refractivity (Wildman–Crippen MR) is 386 cm³/mol. The van der Waals surface area contributed by atoms with Gasteiger partial charge in [0.25, 0.3) is 0 Å². The molecule has 0 saturated heterocycles. The Balaban J connectivity index is 3.94. The van der Waals surface area contributed by atoms with E-state index in [0.29, 0.717) is 23.9 Å². The molecule has 0 radical (unpaired) electrons. The SMILES string of the molecule is CC/C=C\C/C=C\C/C=C\C/C=C\C/C=C\CCCCCCCCCCCCCCCCCCCCCC(=O)OC(COC(=O)CCCCCCCCCCCCCCCCCCCCCCCCCCCCCCCC)COP(=O)(O)OCC[N+](C)(C)C. The van der Waals surface area contributed by atoms with Crippen LogP contribution < -0.4 is 0 Å². The molecule has 0 rings (SSSR count). The lowest BCUT2D eigenvalue weighted by Crippen LogP contribution is -2.37. The number of unbranched alkanes of at least 4 members (excludes halogenated alkanes) is 48. The minimum atomic E-state index is -4.39. The van der Waals surface area contributed by atoms with Crippen molar-refractivity contribution in [2.24, 2.45) is 0 Å². The van der Waals surface area contributed by atoms with Crippen LogP contribution >= 0.6 is 7.82 Å². The van der Waals surface area contributed by atoms with E-state index in [-0.39, 0.29) is 25.6 Å². The lowest BCUT2D eigenvalue weighted by Gasteiger charge is -2.24. The Morgan fingerprint density at radius 2 is 0.640 bits per heavy atom. The highest BCUT2D eigenvalue weighted by atomic mass is 31.2. The van der Waals surface area contributed by atoms with E-state index in [1.165, 1.54) is 283 Å². The maximum absolute atomic E-state index is 12.9. The molecule has 0 aliphatic rings. The highest BCUT2D eigenvalue weighted by Crippen LogP contribution is 2.43. The van der Waals surface area contributed by atoms with Crippen molar-refractivity contribution in [2.45, 2.75) is 386 Å². The summed E-state index contributed by atoms with van der Waals surface area (Å²) in [6.07, 6.45) is 93.6. The van der Waals surface area contributed by atoms with Gasteiger partial charge in [0.05, 0.1) is 27.7 Å². The van der Waals surface area contributed by atoms with Crippen LogP contribution in [0.25, 0.3) is 0 Å². The molecule has 0 aromatic rings. The Morgan fingerprint density at radius 1 is 0.360 bits per heavy atom. The number of allylic oxidation sites excluding steroid dienone is 10. The monoisotopic (exact) mass is 1270 g/mol. The number of nitrogens with zero attached hydrogens (tertiary/aromatic N) is 1. The average molecular weight is 1270 g/mol. The highest BCUT2D eigenvalue weighted by Gasteiger charge is 2.27. The number of hydrogen-bond donors (Lipinski definition) is 1. The normalized spacial score (nSPS) is 13.4. The fraction of sp³-hybridized carbons (Fsp3) is 0.848. The van der Waals surface area contributed by atoms with Gasteiger partial charge >= 0.3 is 19.8 Å². The van der Waals surface area contributed by atoms with Crippen molar-refractivity contribution < 1.29 is 42.1 Å². The second kappa shape index (κ2) is 70.0. The molecule has 0 aliphatic carbocycles. The van der Waals surface area contributed by atoms with Crippen molar-refractivity contribution in [3.05, 3.63) is 60.8 Å². The van der Waals surface area contributed by atoms with Crippen LogP contribution in [0.2, 0.25) is 0 Å². The first-order valence-corrected chi connectivity index (χ1v) is 40.0. The summed E-state index contributed by atoms with van der Waals surface area (Å²) in [7, 11) is 1.50. The van der Waals surface area contributed by atoms with Crippen LogP contribution in [0.1, 0.15) is 380 Å². The highest BCUT2D eigenvalue weighted by molar-refractivity contribution is 7.47. The molecule has 1 N–H and O–H groups in total. The zero-order valence-electron chi connectivity index (χ0n) is 59.7. The fourth-order valence-corrected chi connectivity index (χ4v) is 12.2. The average Bonchev–Trinajstić information content (AvgIpc) is 3.60. The van der Waals surface area contributed by atoms with Crippen LogP contribution in [0.4, 0.5) is 0 Å². The Kier molecular flexibility index (Phi) is 68.2. The molecule has 0 amide bonds. The molecule has 522 valence electrons. The Hall–Kier alpha value is -2.29. The zero-order valence-corrected chi connectivity index (χ0v) is 60.6. The number of esters is 2. The molecule has 0 spiro atoms. The van der Waals surface area contributed by atoms with Gasteiger partial charge in [0.15, 0.2) is 6.10 Å². The number of carbonyl (C=O) groups excluding carboxylic acids is 2. The molecule has 9 nitrogen and oxygen atoms in total. The van der Waals surface area contributed by atoms with Crippen molar-refractivity contribution in [2.75, 3.05) is 47.5 Å². The molecule has 0 aromatic heterocycles. The van der Waals surface area contributed by atoms with E-state index in [9.17, 15) is 19.0 Å². The Bertz CT molecular complexity index is 1690. The van der Waals surface area contributed by atoms with E-state index < -0.39 is 26.5 Å². The summed E-state index contributed by atoms with van der Waals surface area (Å²) >= 11 is 0. The molecule has 0 saturated carbocycles. The third-order valence-corrected chi connectivity index (χ3v) is 18.3. The van der Waals surface area contributed by atoms with Crippen molar-refractivity contribution in [1.29, 1.82) is 0 Å². The van der Waals surface area contributed by atoms with Crippen LogP contribution in [0.15, 0.2) is 60.8 Å². The van der Waals surface area contributed by atoms with Gasteiger partial charge in [-0.1, -0.05) is 370 Å². The van der Waals surface area contributed by atoms with Crippen LogP contribution in [0.5, 0.6) is 0 Å². The molecule has 0 aromatic carbocycles. The molecular formula is C79H149NO8P+. The van der Waals surface area contributed by atoms with E-state index in [2.05, 4.69) is 74.6 Å². The van der Waals surface area contributed by atoms with E-state index in [4.69, 9.17) is 18.5 Å². The third kappa shape index (κ3) is 74.6. The van der Waals surface area contributed by atoms with Gasteiger partial charge in [-0.15, -0.1) is 0 Å². The maximum Gasteiger partial charge on any atom is 0.472 e. The van der Waals surface area contributed by atoms with Crippen molar-refractivity contribution >= 4 is 19.8 Å². The number of hydrogen-bond acceptors (Lipinski definition) is 7. The molecule has 0 fully saturated rings. The molecule has 0 aliphatic heterocycles. The number of phosphoric ester groups is 1. The van der Waals surface area contributed by atoms with Gasteiger partial charge in [0.2, 0.25) is 0 Å². The predicted octanol–water partition coefficient (Wildman–Crippen LogP) is 25.3. The van der Waals surface area contributed by atoms with Crippen molar-refractivity contribution in [1.82, 2.24) is 0 Å². The quantitative estimate of drug-likeness (QED) is 0.0211. The Morgan fingerprint density at radius 3 is 0.955 bits per heavy atom.